The zero-order valence-corrected chi connectivity index (χ0v) is 14.0. The third-order valence-electron chi connectivity index (χ3n) is 3.90. The fourth-order valence-electron chi connectivity index (χ4n) is 2.64. The summed E-state index contributed by atoms with van der Waals surface area (Å²) in [4.78, 5) is 16.1. The van der Waals surface area contributed by atoms with Gasteiger partial charge in [0.25, 0.3) is 0 Å². The number of hydrogen-bond donors (Lipinski definition) is 2. The normalized spacial score (nSPS) is 16.7. The summed E-state index contributed by atoms with van der Waals surface area (Å²) in [5, 5.41) is 9.66. The van der Waals surface area contributed by atoms with Crippen LogP contribution in [0.4, 0.5) is 8.78 Å². The lowest BCUT2D eigenvalue weighted by atomic mass is 10.2. The smallest absolute Gasteiger partial charge is 0.387 e. The number of hydrogen-bond acceptors (Lipinski definition) is 7. The van der Waals surface area contributed by atoms with Gasteiger partial charge in [0.2, 0.25) is 17.6 Å². The summed E-state index contributed by atoms with van der Waals surface area (Å²) < 4.78 is 39.3. The van der Waals surface area contributed by atoms with E-state index in [0.29, 0.717) is 5.56 Å². The third-order valence-corrected chi connectivity index (χ3v) is 3.90. The Hall–Kier alpha value is -2.75. The Kier molecular flexibility index (Phi) is 5.61. The van der Waals surface area contributed by atoms with Crippen molar-refractivity contribution in [3.63, 3.8) is 0 Å². The minimum atomic E-state index is -2.95. The Labute approximate surface area is 147 Å². The molecule has 1 unspecified atom stereocenters. The average Bonchev–Trinajstić information content (AvgIpc) is 3.31. The molecule has 3 rings (SSSR count). The van der Waals surface area contributed by atoms with Crippen LogP contribution in [0.5, 0.6) is 11.5 Å². The number of rotatable bonds is 7. The lowest BCUT2D eigenvalue weighted by Gasteiger charge is -2.10. The Morgan fingerprint density at radius 2 is 2.31 bits per heavy atom. The van der Waals surface area contributed by atoms with Gasteiger partial charge in [0, 0.05) is 5.56 Å². The number of amides is 1. The number of alkyl halides is 2. The van der Waals surface area contributed by atoms with Crippen molar-refractivity contribution in [2.75, 3.05) is 13.7 Å². The number of nitrogens with one attached hydrogen (secondary N) is 2. The minimum Gasteiger partial charge on any atom is -0.493 e. The van der Waals surface area contributed by atoms with Gasteiger partial charge in [0.05, 0.1) is 19.7 Å². The molecule has 0 spiro atoms. The van der Waals surface area contributed by atoms with Crippen molar-refractivity contribution < 1.29 is 27.6 Å². The molecule has 1 aliphatic rings. The first-order chi connectivity index (χ1) is 12.6. The summed E-state index contributed by atoms with van der Waals surface area (Å²) in [5.74, 6) is 0.395. The Balaban J connectivity index is 1.66. The van der Waals surface area contributed by atoms with E-state index in [1.54, 1.807) is 0 Å². The molecule has 1 aliphatic heterocycles. The predicted octanol–water partition coefficient (Wildman–Crippen LogP) is 1.71. The van der Waals surface area contributed by atoms with Crippen molar-refractivity contribution in [1.29, 1.82) is 0 Å². The van der Waals surface area contributed by atoms with Gasteiger partial charge in [0.1, 0.15) is 0 Å². The van der Waals surface area contributed by atoms with Crippen LogP contribution < -0.4 is 20.1 Å². The van der Waals surface area contributed by atoms with Crippen molar-refractivity contribution in [2.45, 2.75) is 32.0 Å². The predicted molar refractivity (Wildman–Crippen MR) is 85.8 cm³/mol. The molecule has 1 amide bonds. The summed E-state index contributed by atoms with van der Waals surface area (Å²) in [6.45, 7) is -2.02. The number of nitrogens with zero attached hydrogens (tertiary/aromatic N) is 2. The second-order valence-corrected chi connectivity index (χ2v) is 5.62. The molecule has 1 aromatic heterocycles. The van der Waals surface area contributed by atoms with Crippen LogP contribution in [0.1, 0.15) is 18.7 Å². The average molecular weight is 368 g/mol. The summed E-state index contributed by atoms with van der Waals surface area (Å²) in [7, 11) is 1.34. The van der Waals surface area contributed by atoms with Gasteiger partial charge >= 0.3 is 6.61 Å². The molecule has 2 N–H and O–H groups in total. The number of methoxy groups -OCH3 is 1. The molecule has 140 valence electrons. The first kappa shape index (κ1) is 18.1. The molecule has 2 aromatic rings. The lowest BCUT2D eigenvalue weighted by molar-refractivity contribution is -0.123. The van der Waals surface area contributed by atoms with Crippen molar-refractivity contribution >= 4 is 5.91 Å². The van der Waals surface area contributed by atoms with Crippen molar-refractivity contribution in [3.05, 3.63) is 24.1 Å². The van der Waals surface area contributed by atoms with E-state index in [1.807, 2.05) is 0 Å². The van der Waals surface area contributed by atoms with E-state index >= 15 is 0 Å². The van der Waals surface area contributed by atoms with Gasteiger partial charge in [-0.25, -0.2) is 0 Å². The number of carbonyl (C=O) groups excluding carboxylic acids is 1. The van der Waals surface area contributed by atoms with Gasteiger partial charge in [0.15, 0.2) is 11.5 Å². The summed E-state index contributed by atoms with van der Waals surface area (Å²) in [5.41, 5.74) is 0.502. The molecule has 8 nitrogen and oxygen atoms in total. The molecule has 0 saturated carbocycles. The zero-order valence-electron chi connectivity index (χ0n) is 14.0. The standard InChI is InChI=1S/C16H18F2N4O4/c1-24-12-7-9(4-5-11(12)25-16(17)18)14-21-13(26-22-14)8-20-15(23)10-3-2-6-19-10/h4-5,7,10,16,19H,2-3,6,8H2,1H3,(H,20,23). The van der Waals surface area contributed by atoms with Crippen molar-refractivity contribution in [3.8, 4) is 22.9 Å². The van der Waals surface area contributed by atoms with Gasteiger partial charge in [-0.2, -0.15) is 13.8 Å². The van der Waals surface area contributed by atoms with E-state index in [1.165, 1.54) is 25.3 Å². The van der Waals surface area contributed by atoms with E-state index < -0.39 is 6.61 Å². The van der Waals surface area contributed by atoms with Crippen molar-refractivity contribution in [2.24, 2.45) is 0 Å². The fraction of sp³-hybridized carbons (Fsp3) is 0.438. The molecule has 1 saturated heterocycles. The van der Waals surface area contributed by atoms with Crippen LogP contribution in [0.15, 0.2) is 22.7 Å². The van der Waals surface area contributed by atoms with E-state index in [2.05, 4.69) is 25.5 Å². The number of aromatic nitrogens is 2. The van der Waals surface area contributed by atoms with Crippen LogP contribution in [0.3, 0.4) is 0 Å². The molecule has 0 radical (unpaired) electrons. The van der Waals surface area contributed by atoms with E-state index in [-0.39, 0.29) is 41.7 Å². The molecule has 0 bridgehead atoms. The van der Waals surface area contributed by atoms with Crippen LogP contribution in [-0.2, 0) is 11.3 Å². The maximum atomic E-state index is 12.4. The van der Waals surface area contributed by atoms with Crippen LogP contribution >= 0.6 is 0 Å². The van der Waals surface area contributed by atoms with Gasteiger partial charge in [-0.05, 0) is 37.6 Å². The zero-order chi connectivity index (χ0) is 18.5. The van der Waals surface area contributed by atoms with E-state index in [9.17, 15) is 13.6 Å². The highest BCUT2D eigenvalue weighted by Crippen LogP contribution is 2.32. The summed E-state index contributed by atoms with van der Waals surface area (Å²) in [6, 6.07) is 4.12. The Morgan fingerprint density at radius 1 is 1.46 bits per heavy atom. The highest BCUT2D eigenvalue weighted by Gasteiger charge is 2.22. The van der Waals surface area contributed by atoms with Crippen LogP contribution in [0.2, 0.25) is 0 Å². The van der Waals surface area contributed by atoms with Gasteiger partial charge < -0.3 is 24.6 Å². The largest absolute Gasteiger partial charge is 0.493 e. The minimum absolute atomic E-state index is 0.0914. The highest BCUT2D eigenvalue weighted by atomic mass is 19.3. The van der Waals surface area contributed by atoms with Crippen LogP contribution in [0, 0.1) is 0 Å². The van der Waals surface area contributed by atoms with Gasteiger partial charge in [-0.1, -0.05) is 5.16 Å². The Morgan fingerprint density at radius 3 is 3.00 bits per heavy atom. The monoisotopic (exact) mass is 368 g/mol. The number of ether oxygens (including phenoxy) is 2. The number of carbonyl (C=O) groups is 1. The summed E-state index contributed by atoms with van der Waals surface area (Å²) in [6.07, 6.45) is 1.77. The fourth-order valence-corrected chi connectivity index (χ4v) is 2.64. The van der Waals surface area contributed by atoms with Crippen LogP contribution in [0.25, 0.3) is 11.4 Å². The Bertz CT molecular complexity index is 762. The lowest BCUT2D eigenvalue weighted by Crippen LogP contribution is -2.40. The van der Waals surface area contributed by atoms with Gasteiger partial charge in [-0.15, -0.1) is 0 Å². The molecule has 0 aliphatic carbocycles. The summed E-state index contributed by atoms with van der Waals surface area (Å²) >= 11 is 0. The maximum Gasteiger partial charge on any atom is 0.387 e. The first-order valence-electron chi connectivity index (χ1n) is 8.03. The second-order valence-electron chi connectivity index (χ2n) is 5.62. The van der Waals surface area contributed by atoms with E-state index in [4.69, 9.17) is 9.26 Å². The SMILES string of the molecule is COc1cc(-c2noc(CNC(=O)C3CCCN3)n2)ccc1OC(F)F. The second kappa shape index (κ2) is 8.09. The first-order valence-corrected chi connectivity index (χ1v) is 8.03. The molecule has 10 heteroatoms. The maximum absolute atomic E-state index is 12.4. The van der Waals surface area contributed by atoms with Crippen molar-refractivity contribution in [1.82, 2.24) is 20.8 Å². The molecule has 2 heterocycles. The molecule has 1 aromatic carbocycles. The quantitative estimate of drug-likeness (QED) is 0.768. The number of benzene rings is 1. The molecule has 26 heavy (non-hydrogen) atoms. The van der Waals surface area contributed by atoms with Gasteiger partial charge in [-0.3, -0.25) is 4.79 Å². The van der Waals surface area contributed by atoms with Crippen LogP contribution in [-0.4, -0.2) is 42.4 Å². The highest BCUT2D eigenvalue weighted by molar-refractivity contribution is 5.81. The molecule has 1 fully saturated rings. The molecular weight excluding hydrogens is 350 g/mol. The number of halogens is 2. The third kappa shape index (κ3) is 4.26. The molecule has 1 atom stereocenters. The molecular formula is C16H18F2N4O4. The van der Waals surface area contributed by atoms with E-state index in [0.717, 1.165) is 19.4 Å². The topological polar surface area (TPSA) is 98.5 Å².